The molecule has 0 amide bonds. The number of benzene rings is 3. The molecule has 28 heavy (non-hydrogen) atoms. The Kier molecular flexibility index (Phi) is 3.55. The molecule has 0 saturated carbocycles. The zero-order valence-corrected chi connectivity index (χ0v) is 16.8. The summed E-state index contributed by atoms with van der Waals surface area (Å²) in [5, 5.41) is 2.67. The molecular weight excluding hydrogens is 363 g/mol. The van der Waals surface area contributed by atoms with E-state index >= 15 is 0 Å². The number of aryl methyl sites for hydroxylation is 1. The molecule has 138 valence electrons. The number of rotatable bonds is 5. The van der Waals surface area contributed by atoms with Crippen LogP contribution >= 0.6 is 11.3 Å². The van der Waals surface area contributed by atoms with Crippen LogP contribution in [0.1, 0.15) is 37.5 Å². The van der Waals surface area contributed by atoms with E-state index in [1.54, 1.807) is 12.1 Å². The fraction of sp³-hybridized carbons (Fsp3) is 0.231. The van der Waals surface area contributed by atoms with E-state index in [1.807, 2.05) is 17.4 Å². The van der Waals surface area contributed by atoms with Crippen molar-refractivity contribution in [3.63, 3.8) is 0 Å². The first kappa shape index (κ1) is 16.5. The molecule has 2 heteroatoms. The van der Waals surface area contributed by atoms with Crippen LogP contribution in [0.15, 0.2) is 48.5 Å². The molecule has 0 unspecified atom stereocenters. The molecule has 0 radical (unpaired) electrons. The molecule has 4 aromatic rings. The maximum atomic E-state index is 13.9. The molecule has 3 aromatic carbocycles. The number of hydrogen-bond donors (Lipinski definition) is 0. The fourth-order valence-electron chi connectivity index (χ4n) is 5.02. The van der Waals surface area contributed by atoms with Crippen LogP contribution in [-0.2, 0) is 6.42 Å². The molecule has 0 atom stereocenters. The van der Waals surface area contributed by atoms with Gasteiger partial charge in [0.1, 0.15) is 5.82 Å². The summed E-state index contributed by atoms with van der Waals surface area (Å²) in [6.07, 6.45) is 6.42. The van der Waals surface area contributed by atoms with Gasteiger partial charge in [-0.15, -0.1) is 11.3 Å². The first-order chi connectivity index (χ1) is 13.8. The normalized spacial score (nSPS) is 12.6. The Bertz CT molecular complexity index is 1230. The van der Waals surface area contributed by atoms with Gasteiger partial charge in [0, 0.05) is 20.9 Å². The van der Waals surface area contributed by atoms with Crippen molar-refractivity contribution in [2.45, 2.75) is 39.0 Å². The molecular formula is C26H21FS. The first-order valence-corrected chi connectivity index (χ1v) is 11.1. The van der Waals surface area contributed by atoms with Crippen LogP contribution < -0.4 is 0 Å². The summed E-state index contributed by atoms with van der Waals surface area (Å²) in [6, 6.07) is 16.6. The van der Waals surface area contributed by atoms with Gasteiger partial charge >= 0.3 is 0 Å². The average molecular weight is 385 g/mol. The Labute approximate surface area is 168 Å². The van der Waals surface area contributed by atoms with Crippen molar-refractivity contribution in [2.24, 2.45) is 0 Å². The minimum atomic E-state index is -0.161. The van der Waals surface area contributed by atoms with Crippen molar-refractivity contribution in [1.29, 1.82) is 0 Å². The number of hydrogen-bond acceptors (Lipinski definition) is 1. The highest BCUT2D eigenvalue weighted by Crippen LogP contribution is 2.57. The lowest BCUT2D eigenvalue weighted by Gasteiger charge is -2.06. The van der Waals surface area contributed by atoms with Crippen LogP contribution in [0.5, 0.6) is 0 Å². The zero-order valence-electron chi connectivity index (χ0n) is 15.9. The number of halogens is 1. The summed E-state index contributed by atoms with van der Waals surface area (Å²) in [6.45, 7) is 2.26. The standard InChI is InChI=1S/C26H21FS/c1-2-3-4-5-6-16-14-23-20-10-9-18-17-8-7-15(27)13-22(17)19-11-12-21(26(23)28-16)25(20)24(18)19/h7-14H,2-6H2,1H3. The predicted octanol–water partition coefficient (Wildman–Crippen LogP) is 8.46. The van der Waals surface area contributed by atoms with Crippen LogP contribution in [-0.4, -0.2) is 0 Å². The highest BCUT2D eigenvalue weighted by Gasteiger charge is 2.30. The third-order valence-electron chi connectivity index (χ3n) is 6.32. The highest BCUT2D eigenvalue weighted by molar-refractivity contribution is 7.16. The SMILES string of the molecule is CCCCCCc1cc2c(s1)-c1ccc3c4c(ccc-2c14)-c1ccc(F)cc1-3. The second-order valence-corrected chi connectivity index (χ2v) is 9.16. The summed E-state index contributed by atoms with van der Waals surface area (Å²) in [5.41, 5.74) is 8.74. The van der Waals surface area contributed by atoms with E-state index < -0.39 is 0 Å². The zero-order chi connectivity index (χ0) is 18.8. The topological polar surface area (TPSA) is 0 Å². The quantitative estimate of drug-likeness (QED) is 0.261. The van der Waals surface area contributed by atoms with Crippen LogP contribution in [0.25, 0.3) is 54.6 Å². The van der Waals surface area contributed by atoms with E-state index in [2.05, 4.69) is 37.3 Å². The van der Waals surface area contributed by atoms with Gasteiger partial charge < -0.3 is 0 Å². The average Bonchev–Trinajstić information content (AvgIpc) is 3.34. The number of unbranched alkanes of at least 4 members (excludes halogenated alkanes) is 3. The lowest BCUT2D eigenvalue weighted by molar-refractivity contribution is 0.628. The summed E-state index contributed by atoms with van der Waals surface area (Å²) in [5.74, 6) is -0.161. The van der Waals surface area contributed by atoms with Crippen molar-refractivity contribution >= 4 is 22.1 Å². The van der Waals surface area contributed by atoms with E-state index in [-0.39, 0.29) is 5.82 Å². The fourth-order valence-corrected chi connectivity index (χ4v) is 6.27. The minimum absolute atomic E-state index is 0.161. The van der Waals surface area contributed by atoms with E-state index in [9.17, 15) is 4.39 Å². The van der Waals surface area contributed by atoms with Gasteiger partial charge in [0.05, 0.1) is 0 Å². The summed E-state index contributed by atoms with van der Waals surface area (Å²) in [7, 11) is 0. The smallest absolute Gasteiger partial charge is 0.123 e. The molecule has 6 rings (SSSR count). The van der Waals surface area contributed by atoms with Gasteiger partial charge in [-0.1, -0.05) is 56.5 Å². The maximum absolute atomic E-state index is 13.9. The van der Waals surface area contributed by atoms with Crippen molar-refractivity contribution in [3.05, 3.63) is 59.2 Å². The van der Waals surface area contributed by atoms with Crippen LogP contribution in [0.2, 0.25) is 0 Å². The molecule has 1 aromatic heterocycles. The van der Waals surface area contributed by atoms with Crippen LogP contribution in [0.4, 0.5) is 4.39 Å². The molecule has 0 nitrogen and oxygen atoms in total. The predicted molar refractivity (Wildman–Crippen MR) is 118 cm³/mol. The summed E-state index contributed by atoms with van der Waals surface area (Å²) < 4.78 is 13.9. The van der Waals surface area contributed by atoms with E-state index in [0.717, 1.165) is 11.1 Å². The Morgan fingerprint density at radius 3 is 2.18 bits per heavy atom. The summed E-state index contributed by atoms with van der Waals surface area (Å²) in [4.78, 5) is 2.93. The molecule has 2 aliphatic rings. The molecule has 0 aliphatic heterocycles. The van der Waals surface area contributed by atoms with Crippen molar-refractivity contribution in [1.82, 2.24) is 0 Å². The van der Waals surface area contributed by atoms with E-state index in [1.165, 1.54) is 80.4 Å². The molecule has 1 heterocycles. The molecule has 0 N–H and O–H groups in total. The van der Waals surface area contributed by atoms with Crippen LogP contribution in [0, 0.1) is 5.82 Å². The van der Waals surface area contributed by atoms with Crippen molar-refractivity contribution < 1.29 is 4.39 Å². The van der Waals surface area contributed by atoms with Gasteiger partial charge in [-0.2, -0.15) is 0 Å². The highest BCUT2D eigenvalue weighted by atomic mass is 32.1. The Morgan fingerprint density at radius 2 is 1.36 bits per heavy atom. The van der Waals surface area contributed by atoms with Gasteiger partial charge in [-0.3, -0.25) is 0 Å². The second-order valence-electron chi connectivity index (χ2n) is 8.03. The van der Waals surface area contributed by atoms with Crippen molar-refractivity contribution in [3.8, 4) is 43.8 Å². The second kappa shape index (κ2) is 6.02. The lowest BCUT2D eigenvalue weighted by Crippen LogP contribution is -1.82. The third-order valence-corrected chi connectivity index (χ3v) is 7.55. The van der Waals surface area contributed by atoms with Gasteiger partial charge in [0.2, 0.25) is 0 Å². The molecule has 0 saturated heterocycles. The lowest BCUT2D eigenvalue weighted by atomic mass is 9.97. The van der Waals surface area contributed by atoms with E-state index in [0.29, 0.717) is 0 Å². The molecule has 0 fully saturated rings. The molecule has 0 spiro atoms. The number of fused-ring (bicyclic) bond motifs is 6. The third kappa shape index (κ3) is 2.15. The van der Waals surface area contributed by atoms with Crippen molar-refractivity contribution in [2.75, 3.05) is 0 Å². The summed E-state index contributed by atoms with van der Waals surface area (Å²) >= 11 is 1.97. The Morgan fingerprint density at radius 1 is 0.679 bits per heavy atom. The van der Waals surface area contributed by atoms with Gasteiger partial charge in [-0.05, 0) is 69.6 Å². The Balaban J connectivity index is 1.49. The molecule has 2 aliphatic carbocycles. The number of thiophene rings is 1. The van der Waals surface area contributed by atoms with Crippen LogP contribution in [0.3, 0.4) is 0 Å². The minimum Gasteiger partial charge on any atom is -0.207 e. The Hall–Kier alpha value is -2.45. The first-order valence-electron chi connectivity index (χ1n) is 10.3. The van der Waals surface area contributed by atoms with Gasteiger partial charge in [0.15, 0.2) is 0 Å². The maximum Gasteiger partial charge on any atom is 0.123 e. The monoisotopic (exact) mass is 384 g/mol. The largest absolute Gasteiger partial charge is 0.207 e. The van der Waals surface area contributed by atoms with E-state index in [4.69, 9.17) is 0 Å². The molecule has 0 bridgehead atoms. The van der Waals surface area contributed by atoms with Gasteiger partial charge in [0.25, 0.3) is 0 Å². The van der Waals surface area contributed by atoms with Gasteiger partial charge in [-0.25, -0.2) is 4.39 Å².